The lowest BCUT2D eigenvalue weighted by Gasteiger charge is -2.16. The quantitative estimate of drug-likeness (QED) is 0.554. The SMILES string of the molecule is CCC[C@H](CC)CCC1CCCC1. The van der Waals surface area contributed by atoms with Gasteiger partial charge in [-0.15, -0.1) is 0 Å². The maximum absolute atomic E-state index is 2.36. The molecule has 0 unspecified atom stereocenters. The van der Waals surface area contributed by atoms with E-state index in [1.54, 1.807) is 0 Å². The van der Waals surface area contributed by atoms with Gasteiger partial charge >= 0.3 is 0 Å². The van der Waals surface area contributed by atoms with Crippen LogP contribution in [0.2, 0.25) is 0 Å². The van der Waals surface area contributed by atoms with Crippen molar-refractivity contribution in [2.75, 3.05) is 0 Å². The molecule has 1 rings (SSSR count). The second-order valence-corrected chi connectivity index (χ2v) is 4.79. The smallest absolute Gasteiger partial charge is 0.0414 e. The second-order valence-electron chi connectivity index (χ2n) is 4.79. The first kappa shape index (κ1) is 11.1. The van der Waals surface area contributed by atoms with Gasteiger partial charge in [-0.2, -0.15) is 0 Å². The van der Waals surface area contributed by atoms with Crippen LogP contribution < -0.4 is 0 Å². The first-order valence-electron chi connectivity index (χ1n) is 6.36. The number of hydrogen-bond donors (Lipinski definition) is 0. The highest BCUT2D eigenvalue weighted by molar-refractivity contribution is 4.69. The standard InChI is InChI=1S/C13H26/c1-3-7-12(4-2)10-11-13-8-5-6-9-13/h12-13H,3-11H2,1-2H3/t12-/m0/s1. The molecule has 0 N–H and O–H groups in total. The summed E-state index contributed by atoms with van der Waals surface area (Å²) in [4.78, 5) is 0. The van der Waals surface area contributed by atoms with Gasteiger partial charge in [0.2, 0.25) is 0 Å². The lowest BCUT2D eigenvalue weighted by molar-refractivity contribution is 0.368. The Balaban J connectivity index is 2.07. The van der Waals surface area contributed by atoms with E-state index in [2.05, 4.69) is 13.8 Å². The molecule has 0 radical (unpaired) electrons. The lowest BCUT2D eigenvalue weighted by atomic mass is 9.90. The Kier molecular flexibility index (Phi) is 5.50. The number of rotatable bonds is 6. The Hall–Kier alpha value is 0. The van der Waals surface area contributed by atoms with E-state index in [9.17, 15) is 0 Å². The molecule has 1 atom stereocenters. The third-order valence-corrected chi connectivity index (χ3v) is 3.73. The molecule has 1 aliphatic rings. The van der Waals surface area contributed by atoms with E-state index in [1.807, 2.05) is 0 Å². The molecule has 0 heterocycles. The van der Waals surface area contributed by atoms with Gasteiger partial charge < -0.3 is 0 Å². The first-order chi connectivity index (χ1) is 6.36. The van der Waals surface area contributed by atoms with Gasteiger partial charge in [-0.1, -0.05) is 71.6 Å². The van der Waals surface area contributed by atoms with Gasteiger partial charge in [0.25, 0.3) is 0 Å². The Labute approximate surface area is 84.1 Å². The van der Waals surface area contributed by atoms with Crippen LogP contribution in [0.25, 0.3) is 0 Å². The van der Waals surface area contributed by atoms with Crippen molar-refractivity contribution in [3.05, 3.63) is 0 Å². The fourth-order valence-electron chi connectivity index (χ4n) is 2.73. The van der Waals surface area contributed by atoms with Crippen LogP contribution in [0.1, 0.15) is 71.6 Å². The van der Waals surface area contributed by atoms with Crippen molar-refractivity contribution < 1.29 is 0 Å². The molecule has 0 saturated heterocycles. The van der Waals surface area contributed by atoms with E-state index in [0.717, 1.165) is 11.8 Å². The molecule has 0 bridgehead atoms. The van der Waals surface area contributed by atoms with Gasteiger partial charge in [0, 0.05) is 0 Å². The maximum atomic E-state index is 2.36. The molecular formula is C13H26. The number of hydrogen-bond acceptors (Lipinski definition) is 0. The zero-order chi connectivity index (χ0) is 9.52. The summed E-state index contributed by atoms with van der Waals surface area (Å²) in [6.07, 6.45) is 13.4. The highest BCUT2D eigenvalue weighted by Crippen LogP contribution is 2.31. The minimum atomic E-state index is 1.03. The highest BCUT2D eigenvalue weighted by atomic mass is 14.2. The van der Waals surface area contributed by atoms with Gasteiger partial charge in [0.1, 0.15) is 0 Å². The molecule has 0 aliphatic heterocycles. The monoisotopic (exact) mass is 182 g/mol. The molecule has 0 aromatic heterocycles. The second kappa shape index (κ2) is 6.45. The molecule has 1 aliphatic carbocycles. The van der Waals surface area contributed by atoms with Gasteiger partial charge in [-0.05, 0) is 11.8 Å². The zero-order valence-corrected chi connectivity index (χ0v) is 9.52. The van der Waals surface area contributed by atoms with E-state index in [-0.39, 0.29) is 0 Å². The summed E-state index contributed by atoms with van der Waals surface area (Å²) in [6.45, 7) is 4.67. The molecular weight excluding hydrogens is 156 g/mol. The largest absolute Gasteiger partial charge is 0.0654 e. The van der Waals surface area contributed by atoms with Crippen molar-refractivity contribution in [2.45, 2.75) is 71.6 Å². The molecule has 0 heteroatoms. The van der Waals surface area contributed by atoms with Crippen molar-refractivity contribution in [3.8, 4) is 0 Å². The summed E-state index contributed by atoms with van der Waals surface area (Å²) in [5.74, 6) is 2.14. The average molecular weight is 182 g/mol. The van der Waals surface area contributed by atoms with Gasteiger partial charge in [-0.25, -0.2) is 0 Å². The van der Waals surface area contributed by atoms with Crippen LogP contribution in [0.3, 0.4) is 0 Å². The minimum Gasteiger partial charge on any atom is -0.0654 e. The third kappa shape index (κ3) is 4.15. The van der Waals surface area contributed by atoms with E-state index in [0.29, 0.717) is 0 Å². The summed E-state index contributed by atoms with van der Waals surface area (Å²) in [6, 6.07) is 0. The molecule has 0 aromatic carbocycles. The van der Waals surface area contributed by atoms with Gasteiger partial charge in [-0.3, -0.25) is 0 Å². The van der Waals surface area contributed by atoms with Crippen molar-refractivity contribution in [2.24, 2.45) is 11.8 Å². The molecule has 1 fully saturated rings. The minimum absolute atomic E-state index is 1.03. The Morgan fingerprint density at radius 3 is 2.31 bits per heavy atom. The van der Waals surface area contributed by atoms with E-state index >= 15 is 0 Å². The fraction of sp³-hybridized carbons (Fsp3) is 1.00. The van der Waals surface area contributed by atoms with E-state index in [1.165, 1.54) is 57.8 Å². The highest BCUT2D eigenvalue weighted by Gasteiger charge is 2.16. The van der Waals surface area contributed by atoms with Crippen LogP contribution in [0.15, 0.2) is 0 Å². The van der Waals surface area contributed by atoms with Crippen LogP contribution >= 0.6 is 0 Å². The summed E-state index contributed by atoms with van der Waals surface area (Å²) in [7, 11) is 0. The normalized spacial score (nSPS) is 20.8. The molecule has 13 heavy (non-hydrogen) atoms. The average Bonchev–Trinajstić information content (AvgIpc) is 2.64. The van der Waals surface area contributed by atoms with Crippen molar-refractivity contribution in [3.63, 3.8) is 0 Å². The Morgan fingerprint density at radius 2 is 1.77 bits per heavy atom. The van der Waals surface area contributed by atoms with Gasteiger partial charge in [0.15, 0.2) is 0 Å². The Bertz CT molecular complexity index is 111. The van der Waals surface area contributed by atoms with Crippen LogP contribution in [0, 0.1) is 11.8 Å². The molecule has 0 spiro atoms. The van der Waals surface area contributed by atoms with Crippen LogP contribution in [-0.2, 0) is 0 Å². The Morgan fingerprint density at radius 1 is 1.08 bits per heavy atom. The summed E-state index contributed by atoms with van der Waals surface area (Å²) in [5, 5.41) is 0. The van der Waals surface area contributed by atoms with E-state index in [4.69, 9.17) is 0 Å². The maximum Gasteiger partial charge on any atom is -0.0414 e. The van der Waals surface area contributed by atoms with Gasteiger partial charge in [0.05, 0.1) is 0 Å². The molecule has 1 saturated carbocycles. The van der Waals surface area contributed by atoms with Crippen LogP contribution in [0.5, 0.6) is 0 Å². The lowest BCUT2D eigenvalue weighted by Crippen LogP contribution is -2.02. The topological polar surface area (TPSA) is 0 Å². The van der Waals surface area contributed by atoms with Crippen LogP contribution in [-0.4, -0.2) is 0 Å². The third-order valence-electron chi connectivity index (χ3n) is 3.73. The molecule has 0 amide bonds. The molecule has 0 nitrogen and oxygen atoms in total. The summed E-state index contributed by atoms with van der Waals surface area (Å²) < 4.78 is 0. The van der Waals surface area contributed by atoms with Crippen molar-refractivity contribution >= 4 is 0 Å². The summed E-state index contributed by atoms with van der Waals surface area (Å²) >= 11 is 0. The van der Waals surface area contributed by atoms with Crippen molar-refractivity contribution in [1.29, 1.82) is 0 Å². The molecule has 0 aromatic rings. The first-order valence-corrected chi connectivity index (χ1v) is 6.36. The van der Waals surface area contributed by atoms with Crippen LogP contribution in [0.4, 0.5) is 0 Å². The fourth-order valence-corrected chi connectivity index (χ4v) is 2.73. The predicted molar refractivity (Wildman–Crippen MR) is 59.9 cm³/mol. The van der Waals surface area contributed by atoms with E-state index < -0.39 is 0 Å². The predicted octanol–water partition coefficient (Wildman–Crippen LogP) is 4.78. The summed E-state index contributed by atoms with van der Waals surface area (Å²) in [5.41, 5.74) is 0. The van der Waals surface area contributed by atoms with Crippen molar-refractivity contribution in [1.82, 2.24) is 0 Å². The zero-order valence-electron chi connectivity index (χ0n) is 9.52. The molecule has 78 valence electrons.